The van der Waals surface area contributed by atoms with Crippen LogP contribution in [-0.4, -0.2) is 61.7 Å². The van der Waals surface area contributed by atoms with E-state index in [4.69, 9.17) is 0 Å². The molecule has 0 fully saturated rings. The van der Waals surface area contributed by atoms with Gasteiger partial charge in [-0.25, -0.2) is 0 Å². The number of rotatable bonds is 8. The fourth-order valence-corrected chi connectivity index (χ4v) is 2.36. The Bertz CT molecular complexity index is 420. The summed E-state index contributed by atoms with van der Waals surface area (Å²) in [5.74, 6) is -0.775. The fourth-order valence-electron chi connectivity index (χ4n) is 2.36. The van der Waals surface area contributed by atoms with E-state index >= 15 is 0 Å². The van der Waals surface area contributed by atoms with Crippen molar-refractivity contribution in [3.63, 3.8) is 0 Å². The molecule has 4 nitrogen and oxygen atoms in total. The number of hydrogen-bond donors (Lipinski definition) is 1. The number of aliphatic carboxylic acids is 1. The van der Waals surface area contributed by atoms with E-state index in [0.717, 1.165) is 25.1 Å². The van der Waals surface area contributed by atoms with Crippen LogP contribution in [0.25, 0.3) is 0 Å². The first kappa shape index (κ1) is 16.7. The third-order valence-corrected chi connectivity index (χ3v) is 3.61. The number of benzene rings is 1. The van der Waals surface area contributed by atoms with Gasteiger partial charge in [0.15, 0.2) is 0 Å². The lowest BCUT2D eigenvalue weighted by atomic mass is 9.82. The summed E-state index contributed by atoms with van der Waals surface area (Å²) < 4.78 is 0. The molecule has 0 amide bonds. The van der Waals surface area contributed by atoms with Crippen molar-refractivity contribution in [3.8, 4) is 0 Å². The molecule has 112 valence electrons. The van der Waals surface area contributed by atoms with Crippen molar-refractivity contribution in [2.75, 3.05) is 40.8 Å². The van der Waals surface area contributed by atoms with Gasteiger partial charge in [-0.15, -0.1) is 0 Å². The summed E-state index contributed by atoms with van der Waals surface area (Å²) in [7, 11) is 6.08. The number of nitrogens with zero attached hydrogens (tertiary/aromatic N) is 2. The first-order valence-electron chi connectivity index (χ1n) is 6.98. The molecule has 0 aliphatic heterocycles. The van der Waals surface area contributed by atoms with Gasteiger partial charge in [-0.05, 0) is 53.1 Å². The second-order valence-electron chi connectivity index (χ2n) is 5.90. The molecule has 1 unspecified atom stereocenters. The van der Waals surface area contributed by atoms with Gasteiger partial charge in [0.25, 0.3) is 0 Å². The zero-order valence-electron chi connectivity index (χ0n) is 13.0. The molecule has 0 radical (unpaired) electrons. The summed E-state index contributed by atoms with van der Waals surface area (Å²) in [6.45, 7) is 4.22. The van der Waals surface area contributed by atoms with Crippen LogP contribution in [0.15, 0.2) is 30.3 Å². The summed E-state index contributed by atoms with van der Waals surface area (Å²) in [5.41, 5.74) is -0.0133. The number of carboxylic acids is 1. The van der Waals surface area contributed by atoms with E-state index in [9.17, 15) is 9.90 Å². The summed E-state index contributed by atoms with van der Waals surface area (Å²) in [4.78, 5) is 15.9. The van der Waals surface area contributed by atoms with Crippen LogP contribution in [0.1, 0.15) is 18.9 Å². The monoisotopic (exact) mass is 278 g/mol. The second-order valence-corrected chi connectivity index (χ2v) is 5.90. The third-order valence-electron chi connectivity index (χ3n) is 3.61. The molecule has 0 saturated carbocycles. The lowest BCUT2D eigenvalue weighted by Crippen LogP contribution is -2.43. The molecule has 1 rings (SSSR count). The fraction of sp³-hybridized carbons (Fsp3) is 0.562. The van der Waals surface area contributed by atoms with E-state index in [-0.39, 0.29) is 0 Å². The molecule has 0 aliphatic carbocycles. The highest BCUT2D eigenvalue weighted by atomic mass is 16.4. The Morgan fingerprint density at radius 2 is 1.75 bits per heavy atom. The van der Waals surface area contributed by atoms with Gasteiger partial charge in [-0.3, -0.25) is 4.79 Å². The van der Waals surface area contributed by atoms with E-state index in [1.165, 1.54) is 0 Å². The summed E-state index contributed by atoms with van der Waals surface area (Å²) in [6, 6.07) is 9.47. The summed E-state index contributed by atoms with van der Waals surface area (Å²) in [6.07, 6.45) is 1.04. The Balaban J connectivity index is 2.70. The van der Waals surface area contributed by atoms with Crippen LogP contribution in [0.2, 0.25) is 0 Å². The van der Waals surface area contributed by atoms with E-state index < -0.39 is 11.4 Å². The summed E-state index contributed by atoms with van der Waals surface area (Å²) >= 11 is 0. The van der Waals surface area contributed by atoms with Crippen LogP contribution < -0.4 is 0 Å². The highest BCUT2D eigenvalue weighted by molar-refractivity contribution is 5.81. The van der Waals surface area contributed by atoms with Gasteiger partial charge in [-0.1, -0.05) is 30.3 Å². The highest BCUT2D eigenvalue weighted by Gasteiger charge is 2.36. The molecule has 0 saturated heterocycles. The van der Waals surface area contributed by atoms with Gasteiger partial charge in [0.1, 0.15) is 5.41 Å². The van der Waals surface area contributed by atoms with Crippen LogP contribution >= 0.6 is 0 Å². The molecular weight excluding hydrogens is 252 g/mol. The maximum absolute atomic E-state index is 11.7. The SMILES string of the molecule is CN(C)CCCN(C)CC(C)(C(=O)O)c1ccccc1. The van der Waals surface area contributed by atoms with Crippen molar-refractivity contribution >= 4 is 5.97 Å². The number of likely N-dealkylation sites (N-methyl/N-ethyl adjacent to an activating group) is 1. The Labute approximate surface area is 122 Å². The normalized spacial score (nSPS) is 14.5. The van der Waals surface area contributed by atoms with E-state index in [0.29, 0.717) is 6.54 Å². The summed E-state index contributed by atoms with van der Waals surface area (Å²) in [5, 5.41) is 9.61. The van der Waals surface area contributed by atoms with E-state index in [1.54, 1.807) is 6.92 Å². The lowest BCUT2D eigenvalue weighted by Gasteiger charge is -2.30. The van der Waals surface area contributed by atoms with Gasteiger partial charge >= 0.3 is 5.97 Å². The zero-order valence-corrected chi connectivity index (χ0v) is 13.0. The van der Waals surface area contributed by atoms with E-state index in [1.807, 2.05) is 51.5 Å². The topological polar surface area (TPSA) is 43.8 Å². The van der Waals surface area contributed by atoms with Crippen molar-refractivity contribution < 1.29 is 9.90 Å². The van der Waals surface area contributed by atoms with Crippen LogP contribution in [0.3, 0.4) is 0 Å². The molecule has 0 aliphatic rings. The van der Waals surface area contributed by atoms with Crippen molar-refractivity contribution in [2.45, 2.75) is 18.8 Å². The van der Waals surface area contributed by atoms with Crippen molar-refractivity contribution in [3.05, 3.63) is 35.9 Å². The molecule has 0 heterocycles. The molecule has 20 heavy (non-hydrogen) atoms. The molecule has 1 N–H and O–H groups in total. The van der Waals surface area contributed by atoms with Crippen LogP contribution in [0, 0.1) is 0 Å². The molecule has 0 aromatic heterocycles. The highest BCUT2D eigenvalue weighted by Crippen LogP contribution is 2.25. The average Bonchev–Trinajstić information content (AvgIpc) is 2.38. The predicted molar refractivity (Wildman–Crippen MR) is 82.1 cm³/mol. The maximum atomic E-state index is 11.7. The quantitative estimate of drug-likeness (QED) is 0.789. The zero-order chi connectivity index (χ0) is 15.2. The molecule has 1 aromatic rings. The molecule has 4 heteroatoms. The Morgan fingerprint density at radius 3 is 2.25 bits per heavy atom. The Morgan fingerprint density at radius 1 is 1.15 bits per heavy atom. The van der Waals surface area contributed by atoms with Gasteiger partial charge in [0.05, 0.1) is 0 Å². The second kappa shape index (κ2) is 7.41. The van der Waals surface area contributed by atoms with Crippen molar-refractivity contribution in [2.24, 2.45) is 0 Å². The Hall–Kier alpha value is -1.39. The van der Waals surface area contributed by atoms with Gasteiger partial charge in [0, 0.05) is 6.54 Å². The molecule has 1 atom stereocenters. The van der Waals surface area contributed by atoms with Crippen molar-refractivity contribution in [1.29, 1.82) is 0 Å². The average molecular weight is 278 g/mol. The van der Waals surface area contributed by atoms with Gasteiger partial charge in [0.2, 0.25) is 0 Å². The van der Waals surface area contributed by atoms with Crippen LogP contribution in [-0.2, 0) is 10.2 Å². The number of carbonyl (C=O) groups is 1. The predicted octanol–water partition coefficient (Wildman–Crippen LogP) is 1.91. The van der Waals surface area contributed by atoms with Crippen LogP contribution in [0.4, 0.5) is 0 Å². The Kier molecular flexibility index (Phi) is 6.17. The van der Waals surface area contributed by atoms with E-state index in [2.05, 4.69) is 9.80 Å². The lowest BCUT2D eigenvalue weighted by molar-refractivity contribution is -0.143. The standard InChI is InChI=1S/C16H26N2O2/c1-16(15(19)20,14-9-6-5-7-10-14)13-18(4)12-8-11-17(2)3/h5-7,9-10H,8,11-13H2,1-4H3,(H,19,20). The first-order chi connectivity index (χ1) is 9.36. The molecule has 1 aromatic carbocycles. The van der Waals surface area contributed by atoms with Gasteiger partial charge < -0.3 is 14.9 Å². The molecular formula is C16H26N2O2. The smallest absolute Gasteiger partial charge is 0.315 e. The van der Waals surface area contributed by atoms with Crippen LogP contribution in [0.5, 0.6) is 0 Å². The molecule has 0 spiro atoms. The number of hydrogen-bond acceptors (Lipinski definition) is 3. The largest absolute Gasteiger partial charge is 0.481 e. The van der Waals surface area contributed by atoms with Crippen molar-refractivity contribution in [1.82, 2.24) is 9.80 Å². The maximum Gasteiger partial charge on any atom is 0.315 e. The molecule has 0 bridgehead atoms. The first-order valence-corrected chi connectivity index (χ1v) is 6.98. The van der Waals surface area contributed by atoms with Gasteiger partial charge in [-0.2, -0.15) is 0 Å². The minimum absolute atomic E-state index is 0.514. The number of carboxylic acid groups (broad SMARTS) is 1. The minimum Gasteiger partial charge on any atom is -0.481 e. The third kappa shape index (κ3) is 4.62. The minimum atomic E-state index is -0.867.